The van der Waals surface area contributed by atoms with Gasteiger partial charge in [0.15, 0.2) is 5.82 Å². The van der Waals surface area contributed by atoms with E-state index in [0.29, 0.717) is 12.4 Å². The largest absolute Gasteiger partial charge is 0.338 e. The Kier molecular flexibility index (Phi) is 4.23. The van der Waals surface area contributed by atoms with Crippen molar-refractivity contribution in [3.05, 3.63) is 48.3 Å². The third-order valence-corrected chi connectivity index (χ3v) is 3.49. The van der Waals surface area contributed by atoms with Gasteiger partial charge in [-0.05, 0) is 41.8 Å². The zero-order valence-electron chi connectivity index (χ0n) is 12.7. The van der Waals surface area contributed by atoms with Gasteiger partial charge < -0.3 is 5.32 Å². The van der Waals surface area contributed by atoms with E-state index in [1.54, 1.807) is 6.07 Å². The number of benzene rings is 2. The first kappa shape index (κ1) is 15.0. The SMILES string of the molecule is CCCNC(=O)Nc1n[nH]c2cc(-c3cccc(F)c3)ccc12. The number of fused-ring (bicyclic) bond motifs is 1. The molecule has 0 atom stereocenters. The number of nitrogens with one attached hydrogen (secondary N) is 3. The quantitative estimate of drug-likeness (QED) is 0.684. The highest BCUT2D eigenvalue weighted by Gasteiger charge is 2.10. The molecule has 0 fully saturated rings. The molecule has 1 heterocycles. The van der Waals surface area contributed by atoms with Crippen LogP contribution in [-0.2, 0) is 0 Å². The molecule has 3 aromatic rings. The summed E-state index contributed by atoms with van der Waals surface area (Å²) < 4.78 is 13.3. The zero-order chi connectivity index (χ0) is 16.2. The van der Waals surface area contributed by atoms with Crippen LogP contribution in [0, 0.1) is 5.82 Å². The highest BCUT2D eigenvalue weighted by atomic mass is 19.1. The van der Waals surface area contributed by atoms with Crippen LogP contribution in [0.25, 0.3) is 22.0 Å². The van der Waals surface area contributed by atoms with Crippen molar-refractivity contribution < 1.29 is 9.18 Å². The monoisotopic (exact) mass is 312 g/mol. The summed E-state index contributed by atoms with van der Waals surface area (Å²) in [6, 6.07) is 11.7. The summed E-state index contributed by atoms with van der Waals surface area (Å²) in [5.41, 5.74) is 2.44. The van der Waals surface area contributed by atoms with Gasteiger partial charge in [-0.15, -0.1) is 0 Å². The number of hydrogen-bond acceptors (Lipinski definition) is 2. The molecular formula is C17H17FN4O. The van der Waals surface area contributed by atoms with Gasteiger partial charge in [0, 0.05) is 11.9 Å². The van der Waals surface area contributed by atoms with Crippen LogP contribution in [0.5, 0.6) is 0 Å². The van der Waals surface area contributed by atoms with Gasteiger partial charge in [0.25, 0.3) is 0 Å². The van der Waals surface area contributed by atoms with Gasteiger partial charge in [-0.2, -0.15) is 5.10 Å². The molecule has 2 amide bonds. The van der Waals surface area contributed by atoms with Crippen LogP contribution in [0.2, 0.25) is 0 Å². The summed E-state index contributed by atoms with van der Waals surface area (Å²) in [7, 11) is 0. The molecule has 1 aromatic heterocycles. The molecular weight excluding hydrogens is 295 g/mol. The van der Waals surface area contributed by atoms with Crippen molar-refractivity contribution in [3.63, 3.8) is 0 Å². The van der Waals surface area contributed by atoms with Crippen molar-refractivity contribution in [2.45, 2.75) is 13.3 Å². The lowest BCUT2D eigenvalue weighted by molar-refractivity contribution is 0.252. The molecule has 0 saturated carbocycles. The second-order valence-electron chi connectivity index (χ2n) is 5.22. The number of urea groups is 1. The number of hydrogen-bond donors (Lipinski definition) is 3. The van der Waals surface area contributed by atoms with E-state index >= 15 is 0 Å². The van der Waals surface area contributed by atoms with E-state index in [2.05, 4.69) is 20.8 Å². The standard InChI is InChI=1S/C17H17FN4O/c1-2-8-19-17(23)20-16-14-7-6-12(10-15(14)21-22-16)11-4-3-5-13(18)9-11/h3-7,9-10H,2,8H2,1H3,(H3,19,20,21,22,23). The highest BCUT2D eigenvalue weighted by Crippen LogP contribution is 2.27. The second kappa shape index (κ2) is 6.48. The van der Waals surface area contributed by atoms with Gasteiger partial charge in [0.05, 0.1) is 5.52 Å². The van der Waals surface area contributed by atoms with E-state index in [0.717, 1.165) is 28.5 Å². The molecule has 5 nitrogen and oxygen atoms in total. The molecule has 2 aromatic carbocycles. The first-order valence-corrected chi connectivity index (χ1v) is 7.46. The molecule has 0 aliphatic carbocycles. The average molecular weight is 312 g/mol. The van der Waals surface area contributed by atoms with Gasteiger partial charge in [-0.25, -0.2) is 9.18 Å². The van der Waals surface area contributed by atoms with Crippen LogP contribution in [-0.4, -0.2) is 22.8 Å². The number of H-pyrrole nitrogens is 1. The summed E-state index contributed by atoms with van der Waals surface area (Å²) in [5.74, 6) is 0.196. The molecule has 3 rings (SSSR count). The number of carbonyl (C=O) groups is 1. The fourth-order valence-electron chi connectivity index (χ4n) is 2.35. The maximum absolute atomic E-state index is 13.3. The molecule has 3 N–H and O–H groups in total. The van der Waals surface area contributed by atoms with E-state index in [1.807, 2.05) is 31.2 Å². The minimum Gasteiger partial charge on any atom is -0.338 e. The Bertz CT molecular complexity index is 843. The van der Waals surface area contributed by atoms with Gasteiger partial charge in [0.2, 0.25) is 0 Å². The smallest absolute Gasteiger partial charge is 0.320 e. The third-order valence-electron chi connectivity index (χ3n) is 3.49. The fraction of sp³-hybridized carbons (Fsp3) is 0.176. The van der Waals surface area contributed by atoms with Crippen LogP contribution in [0.1, 0.15) is 13.3 Å². The number of aromatic nitrogens is 2. The van der Waals surface area contributed by atoms with Crippen molar-refractivity contribution in [1.82, 2.24) is 15.5 Å². The summed E-state index contributed by atoms with van der Waals surface area (Å²) in [6.45, 7) is 2.59. The Balaban J connectivity index is 1.87. The van der Waals surface area contributed by atoms with Crippen molar-refractivity contribution in [3.8, 4) is 11.1 Å². The maximum atomic E-state index is 13.3. The summed E-state index contributed by atoms with van der Waals surface area (Å²) in [4.78, 5) is 11.7. The number of aromatic amines is 1. The molecule has 0 spiro atoms. The minimum atomic E-state index is -0.283. The zero-order valence-corrected chi connectivity index (χ0v) is 12.7. The number of rotatable bonds is 4. The molecule has 6 heteroatoms. The second-order valence-corrected chi connectivity index (χ2v) is 5.22. The van der Waals surface area contributed by atoms with Crippen LogP contribution < -0.4 is 10.6 Å². The number of halogens is 1. The van der Waals surface area contributed by atoms with E-state index in [-0.39, 0.29) is 11.8 Å². The van der Waals surface area contributed by atoms with E-state index in [9.17, 15) is 9.18 Å². The summed E-state index contributed by atoms with van der Waals surface area (Å²) in [5, 5.41) is 13.3. The van der Waals surface area contributed by atoms with Crippen LogP contribution in [0.3, 0.4) is 0 Å². The Labute approximate surface area is 132 Å². The molecule has 23 heavy (non-hydrogen) atoms. The molecule has 0 aliphatic rings. The van der Waals surface area contributed by atoms with Crippen LogP contribution in [0.4, 0.5) is 15.0 Å². The predicted octanol–water partition coefficient (Wildman–Crippen LogP) is 3.90. The fourth-order valence-corrected chi connectivity index (χ4v) is 2.35. The number of amides is 2. The molecule has 118 valence electrons. The van der Waals surface area contributed by atoms with Crippen LogP contribution >= 0.6 is 0 Å². The van der Waals surface area contributed by atoms with Gasteiger partial charge in [0.1, 0.15) is 5.82 Å². The van der Waals surface area contributed by atoms with E-state index in [1.165, 1.54) is 12.1 Å². The Morgan fingerprint density at radius 2 is 2.04 bits per heavy atom. The molecule has 0 aliphatic heterocycles. The molecule has 0 unspecified atom stereocenters. The van der Waals surface area contributed by atoms with Crippen molar-refractivity contribution in [2.24, 2.45) is 0 Å². The lowest BCUT2D eigenvalue weighted by Gasteiger charge is -2.05. The Hall–Kier alpha value is -2.89. The summed E-state index contributed by atoms with van der Waals surface area (Å²) in [6.07, 6.45) is 0.867. The number of anilines is 1. The van der Waals surface area contributed by atoms with Gasteiger partial charge in [-0.1, -0.05) is 25.1 Å². The van der Waals surface area contributed by atoms with E-state index in [4.69, 9.17) is 0 Å². The number of carbonyl (C=O) groups excluding carboxylic acids is 1. The topological polar surface area (TPSA) is 69.8 Å². The highest BCUT2D eigenvalue weighted by molar-refractivity contribution is 6.00. The van der Waals surface area contributed by atoms with Crippen LogP contribution in [0.15, 0.2) is 42.5 Å². The minimum absolute atomic E-state index is 0.276. The van der Waals surface area contributed by atoms with Crippen molar-refractivity contribution >= 4 is 22.8 Å². The van der Waals surface area contributed by atoms with Crippen molar-refractivity contribution in [2.75, 3.05) is 11.9 Å². The predicted molar refractivity (Wildman–Crippen MR) is 88.8 cm³/mol. The maximum Gasteiger partial charge on any atom is 0.320 e. The van der Waals surface area contributed by atoms with Crippen molar-refractivity contribution in [1.29, 1.82) is 0 Å². The lowest BCUT2D eigenvalue weighted by Crippen LogP contribution is -2.29. The van der Waals surface area contributed by atoms with Gasteiger partial charge in [-0.3, -0.25) is 10.4 Å². The van der Waals surface area contributed by atoms with Gasteiger partial charge >= 0.3 is 6.03 Å². The average Bonchev–Trinajstić information content (AvgIpc) is 2.95. The Morgan fingerprint density at radius 3 is 2.83 bits per heavy atom. The molecule has 0 radical (unpaired) electrons. The first-order valence-electron chi connectivity index (χ1n) is 7.46. The molecule has 0 saturated heterocycles. The lowest BCUT2D eigenvalue weighted by atomic mass is 10.0. The Morgan fingerprint density at radius 1 is 1.22 bits per heavy atom. The van der Waals surface area contributed by atoms with E-state index < -0.39 is 0 Å². The normalized spacial score (nSPS) is 10.7. The molecule has 0 bridgehead atoms. The summed E-state index contributed by atoms with van der Waals surface area (Å²) >= 11 is 0. The first-order chi connectivity index (χ1) is 11.2. The third kappa shape index (κ3) is 3.31. The number of nitrogens with zero attached hydrogens (tertiary/aromatic N) is 1.